The lowest BCUT2D eigenvalue weighted by atomic mass is 10.1. The lowest BCUT2D eigenvalue weighted by Crippen LogP contribution is -2.20. The molecule has 0 aliphatic heterocycles. The van der Waals surface area contributed by atoms with Crippen molar-refractivity contribution < 1.29 is 14.0 Å². The van der Waals surface area contributed by atoms with Crippen molar-refractivity contribution in [2.75, 3.05) is 7.05 Å². The average Bonchev–Trinajstić information content (AvgIpc) is 3.07. The summed E-state index contributed by atoms with van der Waals surface area (Å²) in [5, 5.41) is 6.36. The van der Waals surface area contributed by atoms with E-state index in [1.165, 1.54) is 6.08 Å². The zero-order valence-electron chi connectivity index (χ0n) is 13.8. The van der Waals surface area contributed by atoms with Gasteiger partial charge in [0.25, 0.3) is 5.91 Å². The van der Waals surface area contributed by atoms with Crippen molar-refractivity contribution in [3.05, 3.63) is 77.6 Å². The Morgan fingerprint density at radius 3 is 2.56 bits per heavy atom. The Hall–Kier alpha value is -3.34. The van der Waals surface area contributed by atoms with Crippen LogP contribution in [0.2, 0.25) is 0 Å². The van der Waals surface area contributed by atoms with Crippen molar-refractivity contribution >= 4 is 28.9 Å². The Balaban J connectivity index is 1.56. The molecule has 5 nitrogen and oxygen atoms in total. The zero-order valence-corrected chi connectivity index (χ0v) is 13.8. The Bertz CT molecular complexity index is 891. The topological polar surface area (TPSA) is 71.3 Å². The van der Waals surface area contributed by atoms with Gasteiger partial charge in [0.1, 0.15) is 11.3 Å². The highest BCUT2D eigenvalue weighted by Gasteiger charge is 2.03. The summed E-state index contributed by atoms with van der Waals surface area (Å²) in [5.74, 6) is 0.284. The molecule has 0 fully saturated rings. The highest BCUT2D eigenvalue weighted by molar-refractivity contribution is 5.94. The van der Waals surface area contributed by atoms with Crippen LogP contribution in [0.5, 0.6) is 0 Å². The predicted molar refractivity (Wildman–Crippen MR) is 96.9 cm³/mol. The molecule has 5 heteroatoms. The maximum absolute atomic E-state index is 11.9. The quantitative estimate of drug-likeness (QED) is 0.704. The fraction of sp³-hybridized carbons (Fsp3) is 0.100. The van der Waals surface area contributed by atoms with E-state index in [0.29, 0.717) is 17.9 Å². The molecule has 0 atom stereocenters. The van der Waals surface area contributed by atoms with E-state index in [2.05, 4.69) is 10.6 Å². The fourth-order valence-corrected chi connectivity index (χ4v) is 2.41. The van der Waals surface area contributed by atoms with Crippen LogP contribution < -0.4 is 10.6 Å². The molecule has 0 spiro atoms. The number of fused-ring (bicyclic) bond motifs is 1. The van der Waals surface area contributed by atoms with Crippen molar-refractivity contribution in [1.82, 2.24) is 10.6 Å². The van der Waals surface area contributed by atoms with Crippen molar-refractivity contribution in [2.45, 2.75) is 6.54 Å². The molecule has 0 saturated heterocycles. The van der Waals surface area contributed by atoms with Crippen molar-refractivity contribution in [3.8, 4) is 0 Å². The van der Waals surface area contributed by atoms with Gasteiger partial charge in [0.05, 0.1) is 0 Å². The molecule has 25 heavy (non-hydrogen) atoms. The minimum Gasteiger partial charge on any atom is -0.457 e. The highest BCUT2D eigenvalue weighted by Crippen LogP contribution is 2.19. The second kappa shape index (κ2) is 7.49. The summed E-state index contributed by atoms with van der Waals surface area (Å²) in [6.07, 6.45) is 3.08. The molecule has 0 radical (unpaired) electrons. The van der Waals surface area contributed by atoms with Gasteiger partial charge in [0.15, 0.2) is 0 Å². The van der Waals surface area contributed by atoms with Gasteiger partial charge < -0.3 is 15.1 Å². The first-order chi connectivity index (χ1) is 12.2. The lowest BCUT2D eigenvalue weighted by molar-refractivity contribution is -0.116. The van der Waals surface area contributed by atoms with Crippen molar-refractivity contribution in [3.63, 3.8) is 0 Å². The number of hydrogen-bond donors (Lipinski definition) is 2. The number of nitrogens with one attached hydrogen (secondary N) is 2. The Kier molecular flexibility index (Phi) is 4.95. The summed E-state index contributed by atoms with van der Waals surface area (Å²) in [6.45, 7) is 0.386. The smallest absolute Gasteiger partial charge is 0.251 e. The molecule has 3 aromatic rings. The second-order valence-corrected chi connectivity index (χ2v) is 5.51. The van der Waals surface area contributed by atoms with Gasteiger partial charge in [0, 0.05) is 30.6 Å². The van der Waals surface area contributed by atoms with Gasteiger partial charge in [-0.15, -0.1) is 0 Å². The zero-order chi connectivity index (χ0) is 17.6. The highest BCUT2D eigenvalue weighted by atomic mass is 16.3. The van der Waals surface area contributed by atoms with Crippen LogP contribution in [0.1, 0.15) is 21.7 Å². The fourth-order valence-electron chi connectivity index (χ4n) is 2.41. The molecule has 0 saturated carbocycles. The van der Waals surface area contributed by atoms with Gasteiger partial charge in [-0.3, -0.25) is 9.59 Å². The molecule has 2 N–H and O–H groups in total. The maximum atomic E-state index is 11.9. The minimum absolute atomic E-state index is 0.135. The largest absolute Gasteiger partial charge is 0.457 e. The number of carbonyl (C=O) groups is 2. The minimum atomic E-state index is -0.212. The van der Waals surface area contributed by atoms with Crippen LogP contribution in [-0.2, 0) is 11.3 Å². The summed E-state index contributed by atoms with van der Waals surface area (Å²) in [7, 11) is 1.59. The Morgan fingerprint density at radius 1 is 1.08 bits per heavy atom. The molecule has 2 aromatic carbocycles. The molecule has 0 aliphatic carbocycles. The van der Waals surface area contributed by atoms with Gasteiger partial charge >= 0.3 is 0 Å². The van der Waals surface area contributed by atoms with Crippen LogP contribution in [0.25, 0.3) is 17.0 Å². The number of furan rings is 1. The molecule has 1 heterocycles. The third-order valence-electron chi connectivity index (χ3n) is 3.75. The monoisotopic (exact) mass is 334 g/mol. The van der Waals surface area contributed by atoms with Crippen molar-refractivity contribution in [1.29, 1.82) is 0 Å². The van der Waals surface area contributed by atoms with E-state index >= 15 is 0 Å². The Morgan fingerprint density at radius 2 is 1.84 bits per heavy atom. The van der Waals surface area contributed by atoms with Crippen LogP contribution in [-0.4, -0.2) is 18.9 Å². The second-order valence-electron chi connectivity index (χ2n) is 5.51. The van der Waals surface area contributed by atoms with E-state index in [4.69, 9.17) is 4.42 Å². The first kappa shape index (κ1) is 16.5. The first-order valence-corrected chi connectivity index (χ1v) is 7.91. The molecular formula is C20H18N2O3. The van der Waals surface area contributed by atoms with E-state index in [9.17, 15) is 9.59 Å². The molecule has 0 aliphatic rings. The van der Waals surface area contributed by atoms with E-state index in [1.54, 1.807) is 25.3 Å². The maximum Gasteiger partial charge on any atom is 0.251 e. The summed E-state index contributed by atoms with van der Waals surface area (Å²) in [4.78, 5) is 23.4. The number of para-hydroxylation sites is 1. The number of benzene rings is 2. The number of rotatable bonds is 5. The summed E-state index contributed by atoms with van der Waals surface area (Å²) in [6, 6.07) is 16.6. The molecule has 3 rings (SSSR count). The van der Waals surface area contributed by atoms with Crippen molar-refractivity contribution in [2.24, 2.45) is 0 Å². The standard InChI is InChI=1S/C20H18N2O3/c1-21-20(24)15-8-6-14(7-9-15)13-22-19(23)11-10-17-12-16-4-2-3-5-18(16)25-17/h2-12H,13H2,1H3,(H,21,24)(H,22,23)/b11-10+. The molecule has 2 amide bonds. The van der Waals surface area contributed by atoms with Crippen LogP contribution in [0.15, 0.2) is 65.1 Å². The SMILES string of the molecule is CNC(=O)c1ccc(CNC(=O)/C=C/c2cc3ccccc3o2)cc1. The molecule has 0 unspecified atom stereocenters. The number of carbonyl (C=O) groups excluding carboxylic acids is 2. The van der Waals surface area contributed by atoms with Gasteiger partial charge in [-0.05, 0) is 35.9 Å². The third kappa shape index (κ3) is 4.14. The van der Waals surface area contributed by atoms with E-state index < -0.39 is 0 Å². The predicted octanol–water partition coefficient (Wildman–Crippen LogP) is 3.12. The number of hydrogen-bond acceptors (Lipinski definition) is 3. The van der Waals surface area contributed by atoms with E-state index in [0.717, 1.165) is 16.5 Å². The van der Waals surface area contributed by atoms with Gasteiger partial charge in [-0.25, -0.2) is 0 Å². The van der Waals surface area contributed by atoms with Crippen LogP contribution in [0.3, 0.4) is 0 Å². The summed E-state index contributed by atoms with van der Waals surface area (Å²) >= 11 is 0. The van der Waals surface area contributed by atoms with Crippen LogP contribution >= 0.6 is 0 Å². The van der Waals surface area contributed by atoms with Crippen LogP contribution in [0.4, 0.5) is 0 Å². The number of amides is 2. The average molecular weight is 334 g/mol. The lowest BCUT2D eigenvalue weighted by Gasteiger charge is -2.04. The molecule has 0 bridgehead atoms. The van der Waals surface area contributed by atoms with Gasteiger partial charge in [-0.1, -0.05) is 30.3 Å². The molecule has 126 valence electrons. The molecule has 1 aromatic heterocycles. The van der Waals surface area contributed by atoms with Crippen LogP contribution in [0, 0.1) is 0 Å². The van der Waals surface area contributed by atoms with Gasteiger partial charge in [0.2, 0.25) is 5.91 Å². The molecular weight excluding hydrogens is 316 g/mol. The summed E-state index contributed by atoms with van der Waals surface area (Å²) in [5.41, 5.74) is 2.29. The van der Waals surface area contributed by atoms with Gasteiger partial charge in [-0.2, -0.15) is 0 Å². The van der Waals surface area contributed by atoms with E-state index in [1.807, 2.05) is 42.5 Å². The Labute approximate surface area is 145 Å². The van der Waals surface area contributed by atoms with E-state index in [-0.39, 0.29) is 11.8 Å². The third-order valence-corrected chi connectivity index (χ3v) is 3.75. The normalized spacial score (nSPS) is 10.9. The summed E-state index contributed by atoms with van der Waals surface area (Å²) < 4.78 is 5.62. The first-order valence-electron chi connectivity index (χ1n) is 7.91.